The van der Waals surface area contributed by atoms with Crippen LogP contribution in [0.3, 0.4) is 0 Å². The van der Waals surface area contributed by atoms with Crippen molar-refractivity contribution in [2.75, 3.05) is 0 Å². The standard InChI is InChI=1S/C14H17NO3/c1-10(2)14(3,4)15(18)13(17)12(16)11-8-6-5-7-9-11/h5-9,18H,1H2,2-4H3. The Hall–Kier alpha value is -1.94. The van der Waals surface area contributed by atoms with E-state index in [-0.39, 0.29) is 5.56 Å². The lowest BCUT2D eigenvalue weighted by atomic mass is 9.95. The third-order valence-corrected chi connectivity index (χ3v) is 3.00. The number of amides is 1. The zero-order valence-corrected chi connectivity index (χ0v) is 10.8. The second-order valence-corrected chi connectivity index (χ2v) is 4.65. The van der Waals surface area contributed by atoms with Crippen molar-refractivity contribution in [1.82, 2.24) is 5.06 Å². The number of ketones is 1. The molecule has 18 heavy (non-hydrogen) atoms. The molecular weight excluding hydrogens is 230 g/mol. The molecule has 0 unspecified atom stereocenters. The molecule has 1 aromatic rings. The Bertz CT molecular complexity index is 477. The highest BCUT2D eigenvalue weighted by Crippen LogP contribution is 2.21. The van der Waals surface area contributed by atoms with Gasteiger partial charge in [-0.25, -0.2) is 5.06 Å². The Balaban J connectivity index is 2.96. The van der Waals surface area contributed by atoms with Crippen molar-refractivity contribution in [3.05, 3.63) is 48.0 Å². The lowest BCUT2D eigenvalue weighted by molar-refractivity contribution is -0.177. The van der Waals surface area contributed by atoms with Crippen LogP contribution in [0, 0.1) is 0 Å². The molecule has 0 aliphatic carbocycles. The van der Waals surface area contributed by atoms with E-state index < -0.39 is 17.2 Å². The highest BCUT2D eigenvalue weighted by molar-refractivity contribution is 6.42. The van der Waals surface area contributed by atoms with Gasteiger partial charge in [0.2, 0.25) is 0 Å². The Morgan fingerprint density at radius 1 is 1.22 bits per heavy atom. The lowest BCUT2D eigenvalue weighted by Gasteiger charge is -2.33. The Morgan fingerprint density at radius 3 is 2.17 bits per heavy atom. The van der Waals surface area contributed by atoms with Crippen molar-refractivity contribution >= 4 is 11.7 Å². The monoisotopic (exact) mass is 247 g/mol. The number of rotatable bonds is 4. The van der Waals surface area contributed by atoms with Gasteiger partial charge in [0, 0.05) is 5.56 Å². The van der Waals surface area contributed by atoms with E-state index in [0.29, 0.717) is 10.6 Å². The van der Waals surface area contributed by atoms with Crippen LogP contribution in [-0.4, -0.2) is 27.5 Å². The predicted molar refractivity (Wildman–Crippen MR) is 68.3 cm³/mol. The summed E-state index contributed by atoms with van der Waals surface area (Å²) < 4.78 is 0. The van der Waals surface area contributed by atoms with Gasteiger partial charge >= 0.3 is 5.91 Å². The first-order valence-electron chi connectivity index (χ1n) is 5.57. The molecule has 1 N–H and O–H groups in total. The van der Waals surface area contributed by atoms with Gasteiger partial charge in [0.25, 0.3) is 5.78 Å². The van der Waals surface area contributed by atoms with Crippen LogP contribution in [0.4, 0.5) is 0 Å². The van der Waals surface area contributed by atoms with Gasteiger partial charge in [-0.15, -0.1) is 0 Å². The van der Waals surface area contributed by atoms with Gasteiger partial charge in [0.15, 0.2) is 0 Å². The maximum Gasteiger partial charge on any atom is 0.319 e. The molecule has 0 spiro atoms. The Kier molecular flexibility index (Phi) is 4.03. The molecule has 1 aromatic carbocycles. The largest absolute Gasteiger partial charge is 0.319 e. The maximum atomic E-state index is 11.9. The smallest absolute Gasteiger partial charge is 0.285 e. The van der Waals surface area contributed by atoms with Gasteiger partial charge in [0.05, 0.1) is 5.54 Å². The van der Waals surface area contributed by atoms with Crippen LogP contribution >= 0.6 is 0 Å². The van der Waals surface area contributed by atoms with Gasteiger partial charge in [-0.3, -0.25) is 14.8 Å². The highest BCUT2D eigenvalue weighted by atomic mass is 16.5. The van der Waals surface area contributed by atoms with Crippen LogP contribution in [0.2, 0.25) is 0 Å². The molecule has 96 valence electrons. The normalized spacial score (nSPS) is 10.9. The zero-order valence-electron chi connectivity index (χ0n) is 10.8. The SMILES string of the molecule is C=C(C)C(C)(C)N(O)C(=O)C(=O)c1ccccc1. The average molecular weight is 247 g/mol. The minimum atomic E-state index is -0.985. The first-order chi connectivity index (χ1) is 8.28. The fraction of sp³-hybridized carbons (Fsp3) is 0.286. The summed E-state index contributed by atoms with van der Waals surface area (Å²) in [6.07, 6.45) is 0. The highest BCUT2D eigenvalue weighted by Gasteiger charge is 2.34. The van der Waals surface area contributed by atoms with E-state index in [2.05, 4.69) is 6.58 Å². The van der Waals surface area contributed by atoms with E-state index in [1.807, 2.05) is 0 Å². The van der Waals surface area contributed by atoms with Gasteiger partial charge in [-0.1, -0.05) is 42.5 Å². The predicted octanol–water partition coefficient (Wildman–Crippen LogP) is 2.44. The van der Waals surface area contributed by atoms with Crippen molar-refractivity contribution in [3.63, 3.8) is 0 Å². The molecule has 1 rings (SSSR count). The fourth-order valence-corrected chi connectivity index (χ4v) is 1.24. The number of hydrogen-bond acceptors (Lipinski definition) is 3. The molecule has 0 saturated heterocycles. The summed E-state index contributed by atoms with van der Waals surface area (Å²) in [5, 5.41) is 10.3. The van der Waals surface area contributed by atoms with Crippen LogP contribution in [0.15, 0.2) is 42.5 Å². The number of nitrogens with zero attached hydrogens (tertiary/aromatic N) is 1. The number of carbonyl (C=O) groups excluding carboxylic acids is 2. The van der Waals surface area contributed by atoms with E-state index >= 15 is 0 Å². The minimum absolute atomic E-state index is 0.249. The Labute approximate surface area is 106 Å². The van der Waals surface area contributed by atoms with Crippen LogP contribution in [0.5, 0.6) is 0 Å². The molecule has 0 fully saturated rings. The molecule has 4 nitrogen and oxygen atoms in total. The number of hydroxylamine groups is 2. The first kappa shape index (κ1) is 14.1. The van der Waals surface area contributed by atoms with Gasteiger partial charge < -0.3 is 0 Å². The summed E-state index contributed by atoms with van der Waals surface area (Å²) in [5.74, 6) is -1.71. The molecule has 0 radical (unpaired) electrons. The fourth-order valence-electron chi connectivity index (χ4n) is 1.24. The van der Waals surface area contributed by atoms with Gasteiger partial charge in [-0.2, -0.15) is 0 Å². The van der Waals surface area contributed by atoms with Crippen molar-refractivity contribution in [1.29, 1.82) is 0 Å². The first-order valence-corrected chi connectivity index (χ1v) is 5.57. The van der Waals surface area contributed by atoms with Crippen LogP contribution < -0.4 is 0 Å². The number of hydrogen-bond donors (Lipinski definition) is 1. The molecule has 1 amide bonds. The third kappa shape index (κ3) is 2.65. The second kappa shape index (κ2) is 5.14. The molecule has 4 heteroatoms. The summed E-state index contributed by atoms with van der Waals surface area (Å²) in [6.45, 7) is 8.61. The molecule has 0 heterocycles. The van der Waals surface area contributed by atoms with Crippen molar-refractivity contribution < 1.29 is 14.8 Å². The quantitative estimate of drug-likeness (QED) is 0.292. The van der Waals surface area contributed by atoms with E-state index in [4.69, 9.17) is 0 Å². The summed E-state index contributed by atoms with van der Waals surface area (Å²) in [7, 11) is 0. The summed E-state index contributed by atoms with van der Waals surface area (Å²) in [5.41, 5.74) is -0.153. The van der Waals surface area contributed by atoms with E-state index in [1.54, 1.807) is 39.0 Å². The van der Waals surface area contributed by atoms with Crippen LogP contribution in [0.25, 0.3) is 0 Å². The van der Waals surface area contributed by atoms with Crippen LogP contribution in [0.1, 0.15) is 31.1 Å². The molecule has 0 atom stereocenters. The molecular formula is C14H17NO3. The van der Waals surface area contributed by atoms with Crippen LogP contribution in [-0.2, 0) is 4.79 Å². The maximum absolute atomic E-state index is 11.9. The summed E-state index contributed by atoms with van der Waals surface area (Å²) in [4.78, 5) is 23.8. The van der Waals surface area contributed by atoms with Gasteiger partial charge in [-0.05, 0) is 20.8 Å². The summed E-state index contributed by atoms with van der Waals surface area (Å²) in [6, 6.07) is 8.12. The zero-order chi connectivity index (χ0) is 13.9. The third-order valence-electron chi connectivity index (χ3n) is 3.00. The molecule has 0 saturated carbocycles. The molecule has 0 aromatic heterocycles. The van der Waals surface area contributed by atoms with E-state index in [0.717, 1.165) is 0 Å². The number of carbonyl (C=O) groups is 2. The van der Waals surface area contributed by atoms with E-state index in [1.165, 1.54) is 12.1 Å². The van der Waals surface area contributed by atoms with Crippen molar-refractivity contribution in [2.45, 2.75) is 26.3 Å². The number of benzene rings is 1. The number of Topliss-reactive ketones (excluding diaryl/α,β-unsaturated/α-hetero) is 1. The van der Waals surface area contributed by atoms with Gasteiger partial charge in [0.1, 0.15) is 0 Å². The van der Waals surface area contributed by atoms with E-state index in [9.17, 15) is 14.8 Å². The van der Waals surface area contributed by atoms with Crippen molar-refractivity contribution in [2.24, 2.45) is 0 Å². The average Bonchev–Trinajstić information content (AvgIpc) is 2.36. The molecule has 0 bridgehead atoms. The summed E-state index contributed by atoms with van der Waals surface area (Å²) >= 11 is 0. The van der Waals surface area contributed by atoms with Crippen molar-refractivity contribution in [3.8, 4) is 0 Å². The molecule has 0 aliphatic heterocycles. The topological polar surface area (TPSA) is 57.6 Å². The minimum Gasteiger partial charge on any atom is -0.285 e. The molecule has 0 aliphatic rings. The second-order valence-electron chi connectivity index (χ2n) is 4.65. The lowest BCUT2D eigenvalue weighted by Crippen LogP contribution is -2.48. The Morgan fingerprint density at radius 2 is 1.72 bits per heavy atom.